The van der Waals surface area contributed by atoms with Crippen molar-refractivity contribution >= 4 is 21.7 Å². The maximum Gasteiger partial charge on any atom is 0.172 e. The van der Waals surface area contributed by atoms with Crippen LogP contribution in [-0.2, 0) is 9.53 Å². The number of rotatable bonds is 1. The summed E-state index contributed by atoms with van der Waals surface area (Å²) in [4.78, 5) is 11.0. The zero-order valence-electron chi connectivity index (χ0n) is 5.76. The van der Waals surface area contributed by atoms with E-state index in [9.17, 15) is 4.79 Å². The van der Waals surface area contributed by atoms with Crippen LogP contribution in [0.2, 0.25) is 0 Å². The molecule has 1 atom stereocenters. The standard InChI is InChI=1S/C7H9BrO2/c1-10-5-2-3-6(8)7(9)4-5/h4,6H,2-3H2,1H3. The molecular weight excluding hydrogens is 196 g/mol. The van der Waals surface area contributed by atoms with Gasteiger partial charge in [-0.1, -0.05) is 15.9 Å². The van der Waals surface area contributed by atoms with E-state index in [1.54, 1.807) is 13.2 Å². The zero-order chi connectivity index (χ0) is 7.56. The highest BCUT2D eigenvalue weighted by atomic mass is 79.9. The average molecular weight is 205 g/mol. The first-order chi connectivity index (χ1) is 4.74. The van der Waals surface area contributed by atoms with Gasteiger partial charge in [-0.25, -0.2) is 0 Å². The minimum Gasteiger partial charge on any atom is -0.501 e. The van der Waals surface area contributed by atoms with Crippen LogP contribution in [0.1, 0.15) is 12.8 Å². The lowest BCUT2D eigenvalue weighted by molar-refractivity contribution is -0.114. The molecule has 2 nitrogen and oxygen atoms in total. The monoisotopic (exact) mass is 204 g/mol. The van der Waals surface area contributed by atoms with Gasteiger partial charge in [0.1, 0.15) is 0 Å². The molecule has 0 aliphatic heterocycles. The van der Waals surface area contributed by atoms with Crippen molar-refractivity contribution in [1.82, 2.24) is 0 Å². The van der Waals surface area contributed by atoms with Gasteiger partial charge >= 0.3 is 0 Å². The Labute approximate surface area is 68.4 Å². The van der Waals surface area contributed by atoms with Gasteiger partial charge in [-0.15, -0.1) is 0 Å². The number of carbonyl (C=O) groups excluding carboxylic acids is 1. The fraction of sp³-hybridized carbons (Fsp3) is 0.571. The van der Waals surface area contributed by atoms with Gasteiger partial charge in [0.05, 0.1) is 17.7 Å². The van der Waals surface area contributed by atoms with E-state index in [0.29, 0.717) is 0 Å². The lowest BCUT2D eigenvalue weighted by Crippen LogP contribution is -2.16. The van der Waals surface area contributed by atoms with Crippen molar-refractivity contribution in [2.75, 3.05) is 7.11 Å². The molecule has 56 valence electrons. The summed E-state index contributed by atoms with van der Waals surface area (Å²) < 4.78 is 4.93. The first-order valence-electron chi connectivity index (χ1n) is 3.16. The molecule has 0 amide bonds. The number of hydrogen-bond acceptors (Lipinski definition) is 2. The quantitative estimate of drug-likeness (QED) is 0.608. The summed E-state index contributed by atoms with van der Waals surface area (Å²) in [6.45, 7) is 0. The number of ketones is 1. The molecule has 0 aromatic heterocycles. The van der Waals surface area contributed by atoms with Crippen molar-refractivity contribution in [2.24, 2.45) is 0 Å². The molecule has 0 aromatic rings. The fourth-order valence-electron chi connectivity index (χ4n) is 0.893. The van der Waals surface area contributed by atoms with Crippen LogP contribution in [-0.4, -0.2) is 17.7 Å². The highest BCUT2D eigenvalue weighted by molar-refractivity contribution is 9.10. The van der Waals surface area contributed by atoms with E-state index in [2.05, 4.69) is 15.9 Å². The van der Waals surface area contributed by atoms with E-state index in [4.69, 9.17) is 4.74 Å². The van der Waals surface area contributed by atoms with Crippen LogP contribution in [0, 0.1) is 0 Å². The van der Waals surface area contributed by atoms with E-state index in [1.165, 1.54) is 0 Å². The van der Waals surface area contributed by atoms with Crippen LogP contribution in [0.4, 0.5) is 0 Å². The predicted octanol–water partition coefficient (Wildman–Crippen LogP) is 1.64. The Morgan fingerprint density at radius 2 is 2.50 bits per heavy atom. The molecule has 0 saturated heterocycles. The van der Waals surface area contributed by atoms with Crippen molar-refractivity contribution in [3.05, 3.63) is 11.8 Å². The number of hydrogen-bond donors (Lipinski definition) is 0. The summed E-state index contributed by atoms with van der Waals surface area (Å²) in [5.74, 6) is 0.906. The van der Waals surface area contributed by atoms with E-state index >= 15 is 0 Å². The van der Waals surface area contributed by atoms with Crippen LogP contribution >= 0.6 is 15.9 Å². The summed E-state index contributed by atoms with van der Waals surface area (Å²) in [6, 6.07) is 0. The fourth-order valence-corrected chi connectivity index (χ4v) is 1.25. The molecule has 1 aliphatic rings. The van der Waals surface area contributed by atoms with Crippen LogP contribution < -0.4 is 0 Å². The van der Waals surface area contributed by atoms with E-state index in [1.807, 2.05) is 0 Å². The molecule has 0 fully saturated rings. The number of allylic oxidation sites excluding steroid dienone is 2. The van der Waals surface area contributed by atoms with Gasteiger partial charge in [-0.2, -0.15) is 0 Å². The molecule has 0 bridgehead atoms. The number of halogens is 1. The van der Waals surface area contributed by atoms with Gasteiger partial charge in [0, 0.05) is 12.5 Å². The molecule has 0 N–H and O–H groups in total. The third kappa shape index (κ3) is 1.59. The van der Waals surface area contributed by atoms with Crippen molar-refractivity contribution in [3.63, 3.8) is 0 Å². The summed E-state index contributed by atoms with van der Waals surface area (Å²) in [7, 11) is 1.59. The number of alkyl halides is 1. The largest absolute Gasteiger partial charge is 0.501 e. The summed E-state index contributed by atoms with van der Waals surface area (Å²) in [5, 5.41) is 0. The molecule has 0 spiro atoms. The Hall–Kier alpha value is -0.310. The normalized spacial score (nSPS) is 26.0. The average Bonchev–Trinajstić information content (AvgIpc) is 1.95. The Kier molecular flexibility index (Phi) is 2.49. The van der Waals surface area contributed by atoms with Crippen molar-refractivity contribution < 1.29 is 9.53 Å². The molecular formula is C7H9BrO2. The van der Waals surface area contributed by atoms with Crippen LogP contribution in [0.5, 0.6) is 0 Å². The maximum absolute atomic E-state index is 11.0. The van der Waals surface area contributed by atoms with Gasteiger partial charge in [-0.05, 0) is 6.42 Å². The van der Waals surface area contributed by atoms with Crippen LogP contribution in [0.25, 0.3) is 0 Å². The van der Waals surface area contributed by atoms with E-state index in [-0.39, 0.29) is 10.6 Å². The predicted molar refractivity (Wildman–Crippen MR) is 42.0 cm³/mol. The molecule has 1 rings (SSSR count). The van der Waals surface area contributed by atoms with E-state index in [0.717, 1.165) is 18.6 Å². The van der Waals surface area contributed by atoms with E-state index < -0.39 is 0 Å². The Bertz CT molecular complexity index is 174. The van der Waals surface area contributed by atoms with Crippen molar-refractivity contribution in [3.8, 4) is 0 Å². The topological polar surface area (TPSA) is 26.3 Å². The number of methoxy groups -OCH3 is 1. The zero-order valence-corrected chi connectivity index (χ0v) is 7.35. The minimum atomic E-state index is 0.00593. The van der Waals surface area contributed by atoms with Crippen molar-refractivity contribution in [1.29, 1.82) is 0 Å². The molecule has 0 heterocycles. The van der Waals surface area contributed by atoms with Crippen LogP contribution in [0.3, 0.4) is 0 Å². The second-order valence-electron chi connectivity index (χ2n) is 2.22. The SMILES string of the molecule is COC1=CC(=O)C(Br)CC1. The summed E-state index contributed by atoms with van der Waals surface area (Å²) in [6.07, 6.45) is 3.26. The highest BCUT2D eigenvalue weighted by Gasteiger charge is 2.19. The number of carbonyl (C=O) groups is 1. The summed E-state index contributed by atoms with van der Waals surface area (Å²) >= 11 is 3.26. The molecule has 0 aromatic carbocycles. The lowest BCUT2D eigenvalue weighted by Gasteiger charge is -2.14. The van der Waals surface area contributed by atoms with Gasteiger partial charge < -0.3 is 4.74 Å². The molecule has 1 unspecified atom stereocenters. The highest BCUT2D eigenvalue weighted by Crippen LogP contribution is 2.20. The Balaban J connectivity index is 2.66. The van der Waals surface area contributed by atoms with Gasteiger partial charge in [0.25, 0.3) is 0 Å². The third-order valence-corrected chi connectivity index (χ3v) is 2.43. The molecule has 10 heavy (non-hydrogen) atoms. The smallest absolute Gasteiger partial charge is 0.172 e. The maximum atomic E-state index is 11.0. The molecule has 3 heteroatoms. The third-order valence-electron chi connectivity index (χ3n) is 1.52. The van der Waals surface area contributed by atoms with Crippen molar-refractivity contribution in [2.45, 2.75) is 17.7 Å². The molecule has 0 saturated carbocycles. The van der Waals surface area contributed by atoms with Gasteiger partial charge in [-0.3, -0.25) is 4.79 Å². The first kappa shape index (κ1) is 7.79. The Morgan fingerprint density at radius 1 is 1.80 bits per heavy atom. The van der Waals surface area contributed by atoms with Crippen LogP contribution in [0.15, 0.2) is 11.8 Å². The van der Waals surface area contributed by atoms with Gasteiger partial charge in [0.2, 0.25) is 0 Å². The Morgan fingerprint density at radius 3 is 3.00 bits per heavy atom. The van der Waals surface area contributed by atoms with Gasteiger partial charge in [0.15, 0.2) is 5.78 Å². The summed E-state index contributed by atoms with van der Waals surface area (Å²) in [5.41, 5.74) is 0. The second-order valence-corrected chi connectivity index (χ2v) is 3.33. The lowest BCUT2D eigenvalue weighted by atomic mass is 10.1. The molecule has 1 aliphatic carbocycles. The second kappa shape index (κ2) is 3.19. The number of ether oxygens (including phenoxy) is 1. The first-order valence-corrected chi connectivity index (χ1v) is 4.08. The molecule has 0 radical (unpaired) electrons. The minimum absolute atomic E-state index is 0.00593.